The summed E-state index contributed by atoms with van der Waals surface area (Å²) in [6.07, 6.45) is 1.11. The van der Waals surface area contributed by atoms with Crippen molar-refractivity contribution >= 4 is 17.7 Å². The minimum absolute atomic E-state index is 0.0249. The zero-order chi connectivity index (χ0) is 13.0. The number of aromatic hydroxyl groups is 1. The van der Waals surface area contributed by atoms with E-state index in [9.17, 15) is 9.90 Å². The van der Waals surface area contributed by atoms with E-state index in [1.54, 1.807) is 12.1 Å². The highest BCUT2D eigenvalue weighted by molar-refractivity contribution is 7.99. The molecule has 18 heavy (non-hydrogen) atoms. The summed E-state index contributed by atoms with van der Waals surface area (Å²) in [5.74, 6) is 5.78. The van der Waals surface area contributed by atoms with Gasteiger partial charge in [-0.1, -0.05) is 12.1 Å². The Bertz CT molecular complexity index is 428. The highest BCUT2D eigenvalue weighted by Gasteiger charge is 2.30. The number of ether oxygens (including phenoxy) is 1. The molecule has 1 amide bonds. The number of para-hydroxylation sites is 1. The third-order valence-corrected chi connectivity index (χ3v) is 4.03. The lowest BCUT2D eigenvalue weighted by molar-refractivity contribution is -0.131. The number of nitrogens with two attached hydrogens (primary N) is 1. The molecule has 2 atom stereocenters. The van der Waals surface area contributed by atoms with Crippen LogP contribution in [-0.2, 0) is 9.53 Å². The summed E-state index contributed by atoms with van der Waals surface area (Å²) in [6, 6.07) is 7.18. The summed E-state index contributed by atoms with van der Waals surface area (Å²) in [7, 11) is 0. The van der Waals surface area contributed by atoms with Gasteiger partial charge >= 0.3 is 0 Å². The number of carbonyl (C=O) groups is 1. The van der Waals surface area contributed by atoms with Crippen LogP contribution < -0.4 is 11.3 Å². The largest absolute Gasteiger partial charge is 0.507 e. The molecule has 1 heterocycles. The molecule has 1 saturated heterocycles. The number of phenols is 1. The fourth-order valence-corrected chi connectivity index (χ4v) is 2.88. The molecule has 0 saturated carbocycles. The van der Waals surface area contributed by atoms with Crippen LogP contribution in [0.25, 0.3) is 0 Å². The molecule has 2 rings (SSSR count). The molecule has 2 unspecified atom stereocenters. The van der Waals surface area contributed by atoms with Gasteiger partial charge in [-0.05, 0) is 25.0 Å². The zero-order valence-corrected chi connectivity index (χ0v) is 10.7. The normalized spacial score (nSPS) is 22.9. The maximum atomic E-state index is 11.3. The van der Waals surface area contributed by atoms with Crippen molar-refractivity contribution < 1.29 is 14.6 Å². The molecule has 1 aliphatic heterocycles. The molecule has 0 aromatic heterocycles. The number of carbonyl (C=O) groups excluding carboxylic acids is 1. The number of hydrogen-bond donors (Lipinski definition) is 3. The van der Waals surface area contributed by atoms with Crippen molar-refractivity contribution in [2.45, 2.75) is 29.9 Å². The maximum absolute atomic E-state index is 11.3. The second-order valence-electron chi connectivity index (χ2n) is 4.11. The van der Waals surface area contributed by atoms with Crippen molar-refractivity contribution in [3.05, 3.63) is 24.3 Å². The predicted octanol–water partition coefficient (Wildman–Crippen LogP) is 1.02. The van der Waals surface area contributed by atoms with Crippen LogP contribution in [0.15, 0.2) is 29.2 Å². The van der Waals surface area contributed by atoms with E-state index in [4.69, 9.17) is 10.6 Å². The van der Waals surface area contributed by atoms with E-state index in [2.05, 4.69) is 5.43 Å². The molecule has 1 aromatic rings. The van der Waals surface area contributed by atoms with Gasteiger partial charge in [-0.15, -0.1) is 11.8 Å². The Morgan fingerprint density at radius 3 is 3.00 bits per heavy atom. The van der Waals surface area contributed by atoms with E-state index in [-0.39, 0.29) is 17.8 Å². The standard InChI is InChI=1S/C12H16N2O3S/c13-14-12(16)10-6-5-8(17-10)7-18-11-4-2-1-3-9(11)15/h1-4,8,10,15H,5-7,13H2,(H,14,16). The van der Waals surface area contributed by atoms with E-state index < -0.39 is 6.10 Å². The average Bonchev–Trinajstić information content (AvgIpc) is 2.86. The highest BCUT2D eigenvalue weighted by atomic mass is 32.2. The number of hydrogen-bond acceptors (Lipinski definition) is 5. The first-order valence-corrected chi connectivity index (χ1v) is 6.76. The van der Waals surface area contributed by atoms with Crippen molar-refractivity contribution in [3.63, 3.8) is 0 Å². The predicted molar refractivity (Wildman–Crippen MR) is 69.1 cm³/mol. The number of benzene rings is 1. The van der Waals surface area contributed by atoms with Crippen LogP contribution in [0, 0.1) is 0 Å². The third-order valence-electron chi connectivity index (χ3n) is 2.83. The molecule has 0 bridgehead atoms. The fourth-order valence-electron chi connectivity index (χ4n) is 1.88. The number of thioether (sulfide) groups is 1. The van der Waals surface area contributed by atoms with E-state index in [0.29, 0.717) is 12.2 Å². The molecule has 1 aliphatic rings. The van der Waals surface area contributed by atoms with Gasteiger partial charge in [0.1, 0.15) is 11.9 Å². The first-order valence-electron chi connectivity index (χ1n) is 5.77. The molecule has 98 valence electrons. The second kappa shape index (κ2) is 6.08. The smallest absolute Gasteiger partial charge is 0.263 e. The molecule has 6 heteroatoms. The molecule has 1 fully saturated rings. The maximum Gasteiger partial charge on any atom is 0.263 e. The van der Waals surface area contributed by atoms with Gasteiger partial charge < -0.3 is 9.84 Å². The topological polar surface area (TPSA) is 84.6 Å². The van der Waals surface area contributed by atoms with Crippen LogP contribution in [0.2, 0.25) is 0 Å². The van der Waals surface area contributed by atoms with Crippen molar-refractivity contribution in [2.24, 2.45) is 5.84 Å². The number of phenolic OH excluding ortho intramolecular Hbond substituents is 1. The lowest BCUT2D eigenvalue weighted by Gasteiger charge is -2.12. The Labute approximate surface area is 110 Å². The van der Waals surface area contributed by atoms with Crippen molar-refractivity contribution in [1.82, 2.24) is 5.43 Å². The van der Waals surface area contributed by atoms with Crippen molar-refractivity contribution in [1.29, 1.82) is 0 Å². The first-order chi connectivity index (χ1) is 8.70. The summed E-state index contributed by atoms with van der Waals surface area (Å²) >= 11 is 1.53. The number of rotatable bonds is 4. The molecule has 5 nitrogen and oxygen atoms in total. The Morgan fingerprint density at radius 2 is 2.28 bits per heavy atom. The molecule has 0 aliphatic carbocycles. The Morgan fingerprint density at radius 1 is 1.50 bits per heavy atom. The van der Waals surface area contributed by atoms with Crippen LogP contribution in [0.3, 0.4) is 0 Å². The number of hydrazine groups is 1. The third kappa shape index (κ3) is 3.16. The SMILES string of the molecule is NNC(=O)C1CCC(CSc2ccccc2O)O1. The minimum Gasteiger partial charge on any atom is -0.507 e. The van der Waals surface area contributed by atoms with Gasteiger partial charge in [0.25, 0.3) is 5.91 Å². The van der Waals surface area contributed by atoms with E-state index in [1.807, 2.05) is 12.1 Å². The number of nitrogens with one attached hydrogen (secondary N) is 1. The van der Waals surface area contributed by atoms with E-state index in [1.165, 1.54) is 11.8 Å². The molecule has 1 aromatic carbocycles. The lowest BCUT2D eigenvalue weighted by Crippen LogP contribution is -2.39. The highest BCUT2D eigenvalue weighted by Crippen LogP contribution is 2.31. The van der Waals surface area contributed by atoms with Crippen LogP contribution in [0.1, 0.15) is 12.8 Å². The Balaban J connectivity index is 1.82. The van der Waals surface area contributed by atoms with Crippen LogP contribution in [0.5, 0.6) is 5.75 Å². The summed E-state index contributed by atoms with van der Waals surface area (Å²) in [5.41, 5.74) is 2.10. The number of amides is 1. The lowest BCUT2D eigenvalue weighted by atomic mass is 10.2. The molecular formula is C12H16N2O3S. The van der Waals surface area contributed by atoms with Gasteiger partial charge in [0.05, 0.1) is 6.10 Å². The molecule has 0 radical (unpaired) electrons. The Hall–Kier alpha value is -1.24. The summed E-state index contributed by atoms with van der Waals surface area (Å²) in [5, 5.41) is 9.62. The first kappa shape index (κ1) is 13.2. The van der Waals surface area contributed by atoms with Gasteiger partial charge in [-0.3, -0.25) is 10.2 Å². The molecule has 4 N–H and O–H groups in total. The molecule has 0 spiro atoms. The Kier molecular flexibility index (Phi) is 4.46. The quantitative estimate of drug-likeness (QED) is 0.328. The molecular weight excluding hydrogens is 252 g/mol. The van der Waals surface area contributed by atoms with Gasteiger partial charge in [0, 0.05) is 10.6 Å². The van der Waals surface area contributed by atoms with Crippen molar-refractivity contribution in [3.8, 4) is 5.75 Å². The minimum atomic E-state index is -0.440. The summed E-state index contributed by atoms with van der Waals surface area (Å²) < 4.78 is 5.58. The van der Waals surface area contributed by atoms with Gasteiger partial charge in [-0.25, -0.2) is 5.84 Å². The van der Waals surface area contributed by atoms with Gasteiger partial charge in [-0.2, -0.15) is 0 Å². The monoisotopic (exact) mass is 268 g/mol. The summed E-state index contributed by atoms with van der Waals surface area (Å²) in [6.45, 7) is 0. The van der Waals surface area contributed by atoms with Crippen molar-refractivity contribution in [2.75, 3.05) is 5.75 Å². The summed E-state index contributed by atoms with van der Waals surface area (Å²) in [4.78, 5) is 12.1. The van der Waals surface area contributed by atoms with Gasteiger partial charge in [0.15, 0.2) is 0 Å². The zero-order valence-electron chi connectivity index (χ0n) is 9.83. The van der Waals surface area contributed by atoms with Crippen LogP contribution in [-0.4, -0.2) is 29.0 Å². The van der Waals surface area contributed by atoms with E-state index >= 15 is 0 Å². The van der Waals surface area contributed by atoms with Crippen LogP contribution in [0.4, 0.5) is 0 Å². The fraction of sp³-hybridized carbons (Fsp3) is 0.417. The van der Waals surface area contributed by atoms with Crippen LogP contribution >= 0.6 is 11.8 Å². The second-order valence-corrected chi connectivity index (χ2v) is 5.17. The average molecular weight is 268 g/mol. The van der Waals surface area contributed by atoms with E-state index in [0.717, 1.165) is 11.3 Å². The van der Waals surface area contributed by atoms with Gasteiger partial charge in [0.2, 0.25) is 0 Å².